The van der Waals surface area contributed by atoms with Crippen molar-refractivity contribution >= 4 is 5.97 Å². The second-order valence-corrected chi connectivity index (χ2v) is 6.66. The van der Waals surface area contributed by atoms with Crippen LogP contribution in [0.1, 0.15) is 40.3 Å². The van der Waals surface area contributed by atoms with Crippen molar-refractivity contribution in [1.82, 2.24) is 15.1 Å². The number of aromatic nitrogens is 3. The van der Waals surface area contributed by atoms with Crippen LogP contribution < -0.4 is 5.56 Å². The van der Waals surface area contributed by atoms with Gasteiger partial charge in [-0.3, -0.25) is 9.59 Å². The number of rotatable bonds is 6. The van der Waals surface area contributed by atoms with Crippen LogP contribution in [0.2, 0.25) is 0 Å². The van der Waals surface area contributed by atoms with Crippen LogP contribution >= 0.6 is 0 Å². The molecule has 148 valence electrons. The number of hydrogen-bond donors (Lipinski definition) is 1. The van der Waals surface area contributed by atoms with Gasteiger partial charge in [0.15, 0.2) is 6.61 Å². The number of aromatic amines is 1. The number of nitrogens with one attached hydrogen (secondary N) is 1. The van der Waals surface area contributed by atoms with Gasteiger partial charge in [0.25, 0.3) is 11.4 Å². The molecule has 0 atom stereocenters. The van der Waals surface area contributed by atoms with Crippen LogP contribution in [0.15, 0.2) is 33.6 Å². The number of H-pyrrole nitrogens is 1. The molecule has 0 aliphatic heterocycles. The van der Waals surface area contributed by atoms with Crippen LogP contribution in [0.4, 0.5) is 0 Å². The number of carbonyl (C=O) groups excluding carboxylic acids is 1. The predicted molar refractivity (Wildman–Crippen MR) is 104 cm³/mol. The molecule has 29 heavy (non-hydrogen) atoms. The highest BCUT2D eigenvalue weighted by molar-refractivity contribution is 5.70. The minimum absolute atomic E-state index is 0.0635. The second-order valence-electron chi connectivity index (χ2n) is 6.66. The minimum Gasteiger partial charge on any atom is -0.456 e. The number of benzene rings is 1. The van der Waals surface area contributed by atoms with Crippen LogP contribution in [-0.4, -0.2) is 21.1 Å². The molecule has 8 heteroatoms. The first-order valence-corrected chi connectivity index (χ1v) is 9.07. The summed E-state index contributed by atoms with van der Waals surface area (Å²) in [6, 6.07) is 9.54. The SMILES string of the molecule is Cc1ccccc1-c1noc(COC(=O)CCc2c(C)[nH]c(=O)c(C#N)c2C)n1. The molecule has 2 heterocycles. The maximum Gasteiger partial charge on any atom is 0.306 e. The molecule has 2 aromatic heterocycles. The molecular formula is C21H20N4O4. The van der Waals surface area contributed by atoms with Gasteiger partial charge in [0.2, 0.25) is 5.82 Å². The van der Waals surface area contributed by atoms with Crippen LogP contribution in [0.25, 0.3) is 11.4 Å². The zero-order valence-electron chi connectivity index (χ0n) is 16.4. The Morgan fingerprint density at radius 2 is 2.03 bits per heavy atom. The zero-order chi connectivity index (χ0) is 21.0. The number of pyridine rings is 1. The number of nitrogens with zero attached hydrogens (tertiary/aromatic N) is 3. The Morgan fingerprint density at radius 3 is 2.76 bits per heavy atom. The molecule has 3 rings (SSSR count). The number of nitriles is 1. The van der Waals surface area contributed by atoms with E-state index >= 15 is 0 Å². The summed E-state index contributed by atoms with van der Waals surface area (Å²) in [5.74, 6) is 0.210. The quantitative estimate of drug-likeness (QED) is 0.640. The fourth-order valence-electron chi connectivity index (χ4n) is 3.11. The molecule has 8 nitrogen and oxygen atoms in total. The Morgan fingerprint density at radius 1 is 1.28 bits per heavy atom. The van der Waals surface area contributed by atoms with E-state index in [-0.39, 0.29) is 24.5 Å². The van der Waals surface area contributed by atoms with E-state index < -0.39 is 11.5 Å². The van der Waals surface area contributed by atoms with Gasteiger partial charge >= 0.3 is 5.97 Å². The average molecular weight is 392 g/mol. The largest absolute Gasteiger partial charge is 0.456 e. The molecular weight excluding hydrogens is 372 g/mol. The minimum atomic E-state index is -0.441. The van der Waals surface area contributed by atoms with Crippen molar-refractivity contribution < 1.29 is 14.1 Å². The molecule has 0 amide bonds. The first-order valence-electron chi connectivity index (χ1n) is 9.07. The van der Waals surface area contributed by atoms with Gasteiger partial charge in [-0.15, -0.1) is 0 Å². The van der Waals surface area contributed by atoms with E-state index in [1.165, 1.54) is 0 Å². The lowest BCUT2D eigenvalue weighted by atomic mass is 9.99. The van der Waals surface area contributed by atoms with E-state index in [0.717, 1.165) is 16.7 Å². The zero-order valence-corrected chi connectivity index (χ0v) is 16.4. The van der Waals surface area contributed by atoms with Crippen molar-refractivity contribution in [2.45, 2.75) is 40.2 Å². The highest BCUT2D eigenvalue weighted by Crippen LogP contribution is 2.20. The van der Waals surface area contributed by atoms with Gasteiger partial charge in [-0.1, -0.05) is 29.4 Å². The monoisotopic (exact) mass is 392 g/mol. The molecule has 0 radical (unpaired) electrons. The number of carbonyl (C=O) groups is 1. The van der Waals surface area contributed by atoms with Crippen molar-refractivity contribution in [3.63, 3.8) is 0 Å². The summed E-state index contributed by atoms with van der Waals surface area (Å²) in [6.45, 7) is 5.27. The van der Waals surface area contributed by atoms with E-state index in [2.05, 4.69) is 15.1 Å². The first-order chi connectivity index (χ1) is 13.9. The molecule has 0 unspecified atom stereocenters. The molecule has 1 N–H and O–H groups in total. The van der Waals surface area contributed by atoms with E-state index in [4.69, 9.17) is 14.5 Å². The number of esters is 1. The molecule has 1 aromatic carbocycles. The maximum atomic E-state index is 12.1. The van der Waals surface area contributed by atoms with Gasteiger partial charge < -0.3 is 14.2 Å². The predicted octanol–water partition coefficient (Wildman–Crippen LogP) is 2.90. The average Bonchev–Trinajstić information content (AvgIpc) is 3.15. The third kappa shape index (κ3) is 4.41. The molecule has 3 aromatic rings. The van der Waals surface area contributed by atoms with Crippen LogP contribution in [0.3, 0.4) is 0 Å². The fraction of sp³-hybridized carbons (Fsp3) is 0.286. The van der Waals surface area contributed by atoms with Gasteiger partial charge in [0, 0.05) is 17.7 Å². The molecule has 0 aliphatic carbocycles. The maximum absolute atomic E-state index is 12.1. The van der Waals surface area contributed by atoms with Crippen molar-refractivity contribution in [1.29, 1.82) is 5.26 Å². The summed E-state index contributed by atoms with van der Waals surface area (Å²) in [5, 5.41) is 13.0. The summed E-state index contributed by atoms with van der Waals surface area (Å²) >= 11 is 0. The summed E-state index contributed by atoms with van der Waals surface area (Å²) in [7, 11) is 0. The molecule has 0 bridgehead atoms. The van der Waals surface area contributed by atoms with E-state index in [1.807, 2.05) is 37.3 Å². The van der Waals surface area contributed by atoms with Gasteiger partial charge in [-0.2, -0.15) is 10.2 Å². The Balaban J connectivity index is 1.60. The topological polar surface area (TPSA) is 122 Å². The molecule has 0 saturated carbocycles. The van der Waals surface area contributed by atoms with Crippen LogP contribution in [0, 0.1) is 32.1 Å². The van der Waals surface area contributed by atoms with Crippen molar-refractivity contribution in [3.8, 4) is 17.5 Å². The van der Waals surface area contributed by atoms with Gasteiger partial charge in [-0.05, 0) is 43.9 Å². The molecule has 0 spiro atoms. The standard InChI is InChI=1S/C21H20N4O4/c1-12-6-4-5-7-15(12)20-24-18(29-25-20)11-28-19(26)9-8-16-13(2)17(10-22)21(27)23-14(16)3/h4-7H,8-9,11H2,1-3H3,(H,23,27). The Hall–Kier alpha value is -3.73. The lowest BCUT2D eigenvalue weighted by Crippen LogP contribution is -2.17. The van der Waals surface area contributed by atoms with Gasteiger partial charge in [0.05, 0.1) is 0 Å². The Bertz CT molecular complexity index is 1150. The number of aryl methyl sites for hydroxylation is 2. The first kappa shape index (κ1) is 20.0. The third-order valence-corrected chi connectivity index (χ3v) is 4.71. The second kappa shape index (κ2) is 8.52. The Labute approximate surface area is 167 Å². The summed E-state index contributed by atoms with van der Waals surface area (Å²) < 4.78 is 10.4. The normalized spacial score (nSPS) is 10.6. The third-order valence-electron chi connectivity index (χ3n) is 4.71. The van der Waals surface area contributed by atoms with Crippen molar-refractivity contribution in [2.24, 2.45) is 0 Å². The highest BCUT2D eigenvalue weighted by Gasteiger charge is 2.15. The summed E-state index contributed by atoms with van der Waals surface area (Å²) in [4.78, 5) is 30.8. The number of ether oxygens (including phenoxy) is 1. The van der Waals surface area contributed by atoms with Crippen LogP contribution in [-0.2, 0) is 22.6 Å². The van der Waals surface area contributed by atoms with Gasteiger partial charge in [-0.25, -0.2) is 0 Å². The van der Waals surface area contributed by atoms with Gasteiger partial charge in [0.1, 0.15) is 11.6 Å². The summed E-state index contributed by atoms with van der Waals surface area (Å²) in [5.41, 5.74) is 3.49. The molecule has 0 saturated heterocycles. The van der Waals surface area contributed by atoms with Crippen molar-refractivity contribution in [2.75, 3.05) is 0 Å². The van der Waals surface area contributed by atoms with E-state index in [9.17, 15) is 9.59 Å². The summed E-state index contributed by atoms with van der Waals surface area (Å²) in [6.07, 6.45) is 0.442. The van der Waals surface area contributed by atoms with E-state index in [1.54, 1.807) is 13.8 Å². The molecule has 0 aliphatic rings. The lowest BCUT2D eigenvalue weighted by Gasteiger charge is -2.10. The smallest absolute Gasteiger partial charge is 0.306 e. The highest BCUT2D eigenvalue weighted by atomic mass is 16.6. The number of hydrogen-bond acceptors (Lipinski definition) is 7. The lowest BCUT2D eigenvalue weighted by molar-refractivity contribution is -0.145. The fourth-order valence-corrected chi connectivity index (χ4v) is 3.11. The van der Waals surface area contributed by atoms with E-state index in [0.29, 0.717) is 23.5 Å². The molecule has 0 fully saturated rings. The van der Waals surface area contributed by atoms with Crippen LogP contribution in [0.5, 0.6) is 0 Å². The van der Waals surface area contributed by atoms with Crippen molar-refractivity contribution in [3.05, 3.63) is 68.5 Å². The Kier molecular flexibility index (Phi) is 5.88.